The lowest BCUT2D eigenvalue weighted by atomic mass is 9.92. The highest BCUT2D eigenvalue weighted by Crippen LogP contribution is 2.42. The first-order valence-electron chi connectivity index (χ1n) is 13.2. The van der Waals surface area contributed by atoms with Crippen LogP contribution < -0.4 is 10.5 Å². The molecule has 198 valence electrons. The quantitative estimate of drug-likeness (QED) is 0.325. The lowest BCUT2D eigenvalue weighted by molar-refractivity contribution is -0.140. The van der Waals surface area contributed by atoms with Crippen LogP contribution in [0, 0.1) is 11.8 Å². The third-order valence-electron chi connectivity index (χ3n) is 7.44. The van der Waals surface area contributed by atoms with Crippen molar-refractivity contribution in [3.05, 3.63) is 58.6 Å². The van der Waals surface area contributed by atoms with E-state index in [0.717, 1.165) is 62.5 Å². The summed E-state index contributed by atoms with van der Waals surface area (Å²) in [5, 5.41) is 9.55. The van der Waals surface area contributed by atoms with Crippen LogP contribution in [0.15, 0.2) is 42.5 Å². The number of carboxylic acid groups (broad SMARTS) is 1. The number of hydrogen-bond acceptors (Lipinski definition) is 4. The maximum absolute atomic E-state index is 13.0. The lowest BCUT2D eigenvalue weighted by Crippen LogP contribution is -2.51. The Bertz CT molecular complexity index is 1140. The van der Waals surface area contributed by atoms with E-state index in [0.29, 0.717) is 41.8 Å². The van der Waals surface area contributed by atoms with E-state index in [4.69, 9.17) is 27.2 Å². The van der Waals surface area contributed by atoms with Crippen LogP contribution in [-0.4, -0.2) is 33.8 Å². The molecular formula is C29H35ClN2O5. The first-order chi connectivity index (χ1) is 17.8. The standard InChI is InChI=1S/C29H35ClN2O5/c30-22-9-7-10-23(17-22)37-24-13-12-20-18-32(26(28(31)34)16-21(20)14-24)27(33)11-6-4-2-1-3-5-8-19-15-25(19)29(35)36/h7,9-10,12-14,17,19,25-26H,1-6,8,11,15-16,18H2,(H2,31,34)(H,35,36)/t19-,25+,26?/m1/s1. The van der Waals surface area contributed by atoms with Gasteiger partial charge in [0, 0.05) is 24.4 Å². The van der Waals surface area contributed by atoms with Gasteiger partial charge in [-0.2, -0.15) is 0 Å². The summed E-state index contributed by atoms with van der Waals surface area (Å²) in [4.78, 5) is 37.7. The number of ether oxygens (including phenoxy) is 1. The molecule has 1 unspecified atom stereocenters. The second-order valence-electron chi connectivity index (χ2n) is 10.2. The Kier molecular flexibility index (Phi) is 9.09. The molecule has 0 spiro atoms. The topological polar surface area (TPSA) is 110 Å². The number of carboxylic acids is 1. The number of unbranched alkanes of at least 4 members (excludes halogenated alkanes) is 5. The number of amides is 2. The number of halogens is 1. The molecule has 3 N–H and O–H groups in total. The van der Waals surface area contributed by atoms with E-state index in [9.17, 15) is 14.4 Å². The first kappa shape index (κ1) is 27.0. The first-order valence-corrected chi connectivity index (χ1v) is 13.6. The van der Waals surface area contributed by atoms with Crippen molar-refractivity contribution in [3.8, 4) is 11.5 Å². The lowest BCUT2D eigenvalue weighted by Gasteiger charge is -2.35. The molecule has 2 aliphatic rings. The van der Waals surface area contributed by atoms with Crippen molar-refractivity contribution in [1.82, 2.24) is 4.90 Å². The van der Waals surface area contributed by atoms with Gasteiger partial charge < -0.3 is 20.5 Å². The monoisotopic (exact) mass is 526 g/mol. The van der Waals surface area contributed by atoms with Crippen LogP contribution in [-0.2, 0) is 27.3 Å². The Morgan fingerprint density at radius 1 is 0.973 bits per heavy atom. The summed E-state index contributed by atoms with van der Waals surface area (Å²) in [6.45, 7) is 0.359. The average molecular weight is 527 g/mol. The fraction of sp³-hybridized carbons (Fsp3) is 0.483. The third-order valence-corrected chi connectivity index (χ3v) is 7.68. The molecule has 1 heterocycles. The van der Waals surface area contributed by atoms with E-state index in [1.165, 1.54) is 0 Å². The van der Waals surface area contributed by atoms with E-state index in [1.54, 1.807) is 17.0 Å². The number of fused-ring (bicyclic) bond motifs is 1. The number of carbonyl (C=O) groups is 3. The van der Waals surface area contributed by atoms with Gasteiger partial charge in [-0.25, -0.2) is 0 Å². The second kappa shape index (κ2) is 12.5. The van der Waals surface area contributed by atoms with Gasteiger partial charge >= 0.3 is 5.97 Å². The van der Waals surface area contributed by atoms with E-state index < -0.39 is 17.9 Å². The van der Waals surface area contributed by atoms with Crippen molar-refractivity contribution in [2.45, 2.75) is 76.8 Å². The minimum Gasteiger partial charge on any atom is -0.481 e. The zero-order chi connectivity index (χ0) is 26.4. The minimum atomic E-state index is -0.668. The number of primary amides is 1. The molecule has 2 aromatic rings. The van der Waals surface area contributed by atoms with Crippen LogP contribution in [0.3, 0.4) is 0 Å². The largest absolute Gasteiger partial charge is 0.481 e. The fourth-order valence-electron chi connectivity index (χ4n) is 5.21. The number of rotatable bonds is 13. The van der Waals surface area contributed by atoms with Crippen molar-refractivity contribution in [1.29, 1.82) is 0 Å². The summed E-state index contributed by atoms with van der Waals surface area (Å²) >= 11 is 6.04. The normalized spacial score (nSPS) is 20.2. The number of nitrogens with zero attached hydrogens (tertiary/aromatic N) is 1. The van der Waals surface area contributed by atoms with Crippen molar-refractivity contribution in [2.24, 2.45) is 17.6 Å². The summed E-state index contributed by atoms with van der Waals surface area (Å²) in [6, 6.07) is 12.2. The van der Waals surface area contributed by atoms with Gasteiger partial charge in [0.2, 0.25) is 11.8 Å². The SMILES string of the molecule is NC(=O)C1Cc2cc(Oc3cccc(Cl)c3)ccc2CN1C(=O)CCCCCCCC[C@@H]1C[C@@H]1C(=O)O. The molecule has 1 saturated carbocycles. The summed E-state index contributed by atoms with van der Waals surface area (Å²) in [7, 11) is 0. The van der Waals surface area contributed by atoms with Crippen LogP contribution in [0.4, 0.5) is 0 Å². The van der Waals surface area contributed by atoms with E-state index in [2.05, 4.69) is 0 Å². The van der Waals surface area contributed by atoms with Gasteiger partial charge in [-0.05, 0) is 66.6 Å². The second-order valence-corrected chi connectivity index (χ2v) is 10.7. The molecule has 0 bridgehead atoms. The molecule has 3 atom stereocenters. The smallest absolute Gasteiger partial charge is 0.306 e. The Labute approximate surface area is 222 Å². The van der Waals surface area contributed by atoms with Crippen LogP contribution in [0.1, 0.15) is 68.9 Å². The molecule has 1 aliphatic carbocycles. The van der Waals surface area contributed by atoms with E-state index in [1.807, 2.05) is 30.3 Å². The summed E-state index contributed by atoms with van der Waals surface area (Å²) in [5.41, 5.74) is 7.64. The van der Waals surface area contributed by atoms with Crippen molar-refractivity contribution in [3.63, 3.8) is 0 Å². The van der Waals surface area contributed by atoms with Gasteiger partial charge in [-0.15, -0.1) is 0 Å². The number of aliphatic carboxylic acids is 1. The van der Waals surface area contributed by atoms with Crippen LogP contribution in [0.25, 0.3) is 0 Å². The molecule has 7 nitrogen and oxygen atoms in total. The maximum Gasteiger partial charge on any atom is 0.306 e. The maximum atomic E-state index is 13.0. The molecule has 1 aliphatic heterocycles. The Balaban J connectivity index is 1.22. The zero-order valence-electron chi connectivity index (χ0n) is 21.0. The number of nitrogens with two attached hydrogens (primary N) is 1. The number of hydrogen-bond donors (Lipinski definition) is 2. The molecule has 0 saturated heterocycles. The summed E-state index contributed by atoms with van der Waals surface area (Å²) in [5.74, 6) is 0.344. The zero-order valence-corrected chi connectivity index (χ0v) is 21.8. The summed E-state index contributed by atoms with van der Waals surface area (Å²) < 4.78 is 5.92. The van der Waals surface area contributed by atoms with Gasteiger partial charge in [0.1, 0.15) is 17.5 Å². The summed E-state index contributed by atoms with van der Waals surface area (Å²) in [6.07, 6.45) is 8.68. The van der Waals surface area contributed by atoms with Gasteiger partial charge in [0.05, 0.1) is 5.92 Å². The van der Waals surface area contributed by atoms with Crippen LogP contribution >= 0.6 is 11.6 Å². The van der Waals surface area contributed by atoms with E-state index in [-0.39, 0.29) is 11.8 Å². The Morgan fingerprint density at radius 3 is 2.41 bits per heavy atom. The average Bonchev–Trinajstić information content (AvgIpc) is 3.64. The van der Waals surface area contributed by atoms with Crippen molar-refractivity contribution in [2.75, 3.05) is 0 Å². The number of benzene rings is 2. The highest BCUT2D eigenvalue weighted by Gasteiger charge is 2.42. The molecule has 0 aromatic heterocycles. The molecule has 0 radical (unpaired) electrons. The molecule has 2 amide bonds. The highest BCUT2D eigenvalue weighted by atomic mass is 35.5. The molecule has 8 heteroatoms. The Hall–Kier alpha value is -3.06. The predicted molar refractivity (Wildman–Crippen MR) is 141 cm³/mol. The van der Waals surface area contributed by atoms with Gasteiger partial charge in [0.15, 0.2) is 0 Å². The highest BCUT2D eigenvalue weighted by molar-refractivity contribution is 6.30. The van der Waals surface area contributed by atoms with Crippen molar-refractivity contribution < 1.29 is 24.2 Å². The number of carbonyl (C=O) groups excluding carboxylic acids is 2. The molecule has 4 rings (SSSR count). The molecule has 2 aromatic carbocycles. The van der Waals surface area contributed by atoms with Gasteiger partial charge in [-0.1, -0.05) is 55.8 Å². The molecular weight excluding hydrogens is 492 g/mol. The fourth-order valence-corrected chi connectivity index (χ4v) is 5.39. The molecule has 1 fully saturated rings. The Morgan fingerprint density at radius 2 is 1.70 bits per heavy atom. The predicted octanol–water partition coefficient (Wildman–Crippen LogP) is 5.71. The third kappa shape index (κ3) is 7.48. The molecule has 37 heavy (non-hydrogen) atoms. The van der Waals surface area contributed by atoms with E-state index >= 15 is 0 Å². The van der Waals surface area contributed by atoms with Gasteiger partial charge in [-0.3, -0.25) is 14.4 Å². The van der Waals surface area contributed by atoms with Crippen LogP contribution in [0.2, 0.25) is 5.02 Å². The van der Waals surface area contributed by atoms with Gasteiger partial charge in [0.25, 0.3) is 0 Å². The van der Waals surface area contributed by atoms with Crippen LogP contribution in [0.5, 0.6) is 11.5 Å². The minimum absolute atomic E-state index is 0.0397. The van der Waals surface area contributed by atoms with Crippen molar-refractivity contribution >= 4 is 29.4 Å².